The number of nitrogens with zero attached hydrogens (tertiary/aromatic N) is 1. The molecule has 0 saturated carbocycles. The molecule has 1 aliphatic heterocycles. The number of nitrogens with one attached hydrogen (secondary N) is 1. The maximum atomic E-state index is 13.9. The molecule has 0 aliphatic carbocycles. The largest absolute Gasteiger partial charge is 0.322 e. The van der Waals surface area contributed by atoms with Gasteiger partial charge in [0.1, 0.15) is 5.82 Å². The van der Waals surface area contributed by atoms with Crippen LogP contribution < -0.4 is 5.32 Å². The lowest BCUT2D eigenvalue weighted by Crippen LogP contribution is -2.40. The van der Waals surface area contributed by atoms with Gasteiger partial charge in [-0.05, 0) is 51.8 Å². The maximum Gasteiger partial charge on any atom is 0.238 e. The number of rotatable bonds is 4. The Labute approximate surface area is 151 Å². The van der Waals surface area contributed by atoms with Crippen molar-refractivity contribution in [3.63, 3.8) is 0 Å². The van der Waals surface area contributed by atoms with Gasteiger partial charge >= 0.3 is 0 Å². The summed E-state index contributed by atoms with van der Waals surface area (Å²) in [5.74, 6) is -1.79. The Bertz CT molecular complexity index is 742. The number of fused-ring (bicyclic) bond motifs is 1. The Balaban J connectivity index is 1.72. The minimum Gasteiger partial charge on any atom is -0.322 e. The second kappa shape index (κ2) is 7.29. The Kier molecular flexibility index (Phi) is 5.32. The molecule has 3 rings (SSSR count). The first-order chi connectivity index (χ1) is 11.5. The van der Waals surface area contributed by atoms with E-state index < -0.39 is 11.6 Å². The van der Waals surface area contributed by atoms with E-state index in [4.69, 9.17) is 0 Å². The number of benzene rings is 1. The Hall–Kier alpha value is -1.31. The Morgan fingerprint density at radius 2 is 2.25 bits per heavy atom. The predicted molar refractivity (Wildman–Crippen MR) is 95.3 cm³/mol. The molecule has 128 valence electrons. The first kappa shape index (κ1) is 17.5. The van der Waals surface area contributed by atoms with Crippen LogP contribution in [0.15, 0.2) is 28.1 Å². The fourth-order valence-electron chi connectivity index (χ4n) is 3.14. The molecule has 1 N–H and O–H groups in total. The molecular weight excluding hydrogens is 398 g/mol. The Morgan fingerprint density at radius 3 is 2.96 bits per heavy atom. The van der Waals surface area contributed by atoms with Crippen molar-refractivity contribution in [2.24, 2.45) is 0 Å². The van der Waals surface area contributed by atoms with Crippen LogP contribution in [-0.2, 0) is 11.2 Å². The highest BCUT2D eigenvalue weighted by Gasteiger charge is 2.28. The van der Waals surface area contributed by atoms with E-state index >= 15 is 0 Å². The average molecular weight is 415 g/mol. The van der Waals surface area contributed by atoms with Crippen LogP contribution in [0.5, 0.6) is 0 Å². The maximum absolute atomic E-state index is 13.9. The average Bonchev–Trinajstić information content (AvgIpc) is 2.99. The van der Waals surface area contributed by atoms with Crippen LogP contribution in [0.1, 0.15) is 29.8 Å². The smallest absolute Gasteiger partial charge is 0.238 e. The van der Waals surface area contributed by atoms with Crippen molar-refractivity contribution in [2.45, 2.75) is 25.8 Å². The van der Waals surface area contributed by atoms with Gasteiger partial charge in [-0.25, -0.2) is 8.78 Å². The molecule has 2 aromatic rings. The number of halogens is 3. The van der Waals surface area contributed by atoms with Gasteiger partial charge < -0.3 is 5.32 Å². The molecule has 0 spiro atoms. The third-order valence-corrected chi connectivity index (χ3v) is 5.83. The second-order valence-electron chi connectivity index (χ2n) is 5.74. The van der Waals surface area contributed by atoms with E-state index in [9.17, 15) is 13.6 Å². The zero-order valence-electron chi connectivity index (χ0n) is 13.1. The van der Waals surface area contributed by atoms with Crippen molar-refractivity contribution in [3.8, 4) is 0 Å². The normalized spacial score (nSPS) is 17.6. The fourth-order valence-corrected chi connectivity index (χ4v) is 4.58. The fraction of sp³-hybridized carbons (Fsp3) is 0.353. The topological polar surface area (TPSA) is 32.3 Å². The molecule has 1 atom stereocenters. The van der Waals surface area contributed by atoms with Crippen molar-refractivity contribution >= 4 is 38.9 Å². The van der Waals surface area contributed by atoms with Gasteiger partial charge in [0.2, 0.25) is 5.91 Å². The van der Waals surface area contributed by atoms with E-state index in [0.717, 1.165) is 31.5 Å². The van der Waals surface area contributed by atoms with Gasteiger partial charge in [-0.1, -0.05) is 6.92 Å². The van der Waals surface area contributed by atoms with Crippen LogP contribution in [0.2, 0.25) is 0 Å². The minimum absolute atomic E-state index is 0.0253. The Morgan fingerprint density at radius 1 is 1.46 bits per heavy atom. The first-order valence-electron chi connectivity index (χ1n) is 7.74. The molecule has 1 amide bonds. The summed E-state index contributed by atoms with van der Waals surface area (Å²) in [7, 11) is 0. The van der Waals surface area contributed by atoms with E-state index in [1.165, 1.54) is 10.4 Å². The van der Waals surface area contributed by atoms with E-state index in [-0.39, 0.29) is 28.7 Å². The number of hydrogen-bond donors (Lipinski definition) is 1. The van der Waals surface area contributed by atoms with Crippen molar-refractivity contribution in [1.29, 1.82) is 0 Å². The van der Waals surface area contributed by atoms with Crippen LogP contribution in [0.3, 0.4) is 0 Å². The van der Waals surface area contributed by atoms with Crippen LogP contribution in [0.4, 0.5) is 14.5 Å². The number of hydrogen-bond acceptors (Lipinski definition) is 3. The third kappa shape index (κ3) is 3.53. The zero-order valence-corrected chi connectivity index (χ0v) is 15.5. The molecule has 2 heterocycles. The van der Waals surface area contributed by atoms with E-state index in [2.05, 4.69) is 44.5 Å². The highest BCUT2D eigenvalue weighted by Crippen LogP contribution is 2.35. The van der Waals surface area contributed by atoms with Crippen LogP contribution in [0, 0.1) is 11.6 Å². The molecule has 1 aliphatic rings. The van der Waals surface area contributed by atoms with Crippen LogP contribution >= 0.6 is 27.3 Å². The quantitative estimate of drug-likeness (QED) is 0.783. The van der Waals surface area contributed by atoms with Gasteiger partial charge in [0, 0.05) is 28.0 Å². The number of thiophene rings is 1. The summed E-state index contributed by atoms with van der Waals surface area (Å²) >= 11 is 4.84. The van der Waals surface area contributed by atoms with Crippen LogP contribution in [0.25, 0.3) is 0 Å². The van der Waals surface area contributed by atoms with Gasteiger partial charge in [-0.2, -0.15) is 0 Å². The number of carbonyl (C=O) groups is 1. The molecule has 0 radical (unpaired) electrons. The molecule has 1 aromatic carbocycles. The summed E-state index contributed by atoms with van der Waals surface area (Å²) in [5.41, 5.74) is 1.26. The highest BCUT2D eigenvalue weighted by atomic mass is 79.9. The molecule has 0 fully saturated rings. The molecule has 24 heavy (non-hydrogen) atoms. The van der Waals surface area contributed by atoms with Crippen LogP contribution in [-0.4, -0.2) is 23.9 Å². The molecule has 7 heteroatoms. The predicted octanol–water partition coefficient (Wildman–Crippen LogP) is 4.74. The van der Waals surface area contributed by atoms with Gasteiger partial charge in [0.25, 0.3) is 0 Å². The number of anilines is 1. The van der Waals surface area contributed by atoms with E-state index in [1.54, 1.807) is 11.3 Å². The molecular formula is C17H17BrF2N2OS. The minimum atomic E-state index is -0.791. The van der Waals surface area contributed by atoms with Crippen molar-refractivity contribution < 1.29 is 13.6 Å². The van der Waals surface area contributed by atoms with Gasteiger partial charge in [-0.3, -0.25) is 9.69 Å². The molecule has 0 bridgehead atoms. The SMILES string of the molecule is CCC1c2ccsc2CCN1CC(=O)Nc1c(F)cc(F)cc1Br. The number of carbonyl (C=O) groups excluding carboxylic acids is 1. The first-order valence-corrected chi connectivity index (χ1v) is 9.41. The molecule has 3 nitrogen and oxygen atoms in total. The standard InChI is InChI=1S/C17H17BrF2N2OS/c1-2-14-11-4-6-24-15(11)3-5-22(14)9-16(23)21-17-12(18)7-10(19)8-13(17)20/h4,6-8,14H,2-3,5,9H2,1H3,(H,21,23). The summed E-state index contributed by atoms with van der Waals surface area (Å²) in [4.78, 5) is 15.8. The number of amides is 1. The lowest BCUT2D eigenvalue weighted by atomic mass is 9.98. The summed E-state index contributed by atoms with van der Waals surface area (Å²) < 4.78 is 27.2. The summed E-state index contributed by atoms with van der Waals surface area (Å²) in [6.07, 6.45) is 1.83. The lowest BCUT2D eigenvalue weighted by molar-refractivity contribution is -0.118. The highest BCUT2D eigenvalue weighted by molar-refractivity contribution is 9.10. The summed E-state index contributed by atoms with van der Waals surface area (Å²) in [6.45, 7) is 3.07. The van der Waals surface area contributed by atoms with Gasteiger partial charge in [0.15, 0.2) is 5.82 Å². The van der Waals surface area contributed by atoms with Gasteiger partial charge in [-0.15, -0.1) is 11.3 Å². The van der Waals surface area contributed by atoms with Gasteiger partial charge in [0.05, 0.1) is 12.2 Å². The van der Waals surface area contributed by atoms with Crippen molar-refractivity contribution in [2.75, 3.05) is 18.4 Å². The summed E-state index contributed by atoms with van der Waals surface area (Å²) in [6, 6.07) is 4.21. The summed E-state index contributed by atoms with van der Waals surface area (Å²) in [5, 5.41) is 4.63. The van der Waals surface area contributed by atoms with Crippen molar-refractivity contribution in [1.82, 2.24) is 4.90 Å². The molecule has 1 unspecified atom stereocenters. The lowest BCUT2D eigenvalue weighted by Gasteiger charge is -2.34. The molecule has 0 saturated heterocycles. The zero-order chi connectivity index (χ0) is 17.3. The third-order valence-electron chi connectivity index (χ3n) is 4.21. The second-order valence-corrected chi connectivity index (χ2v) is 7.59. The van der Waals surface area contributed by atoms with Crippen molar-refractivity contribution in [3.05, 3.63) is 50.1 Å². The molecule has 1 aromatic heterocycles. The van der Waals surface area contributed by atoms with E-state index in [1.807, 2.05) is 0 Å². The monoisotopic (exact) mass is 414 g/mol. The van der Waals surface area contributed by atoms with E-state index in [0.29, 0.717) is 0 Å².